The van der Waals surface area contributed by atoms with E-state index in [4.69, 9.17) is 4.74 Å². The molecule has 8 nitrogen and oxygen atoms in total. The van der Waals surface area contributed by atoms with E-state index >= 15 is 0 Å². The highest BCUT2D eigenvalue weighted by Gasteiger charge is 2.50. The van der Waals surface area contributed by atoms with Gasteiger partial charge in [0.1, 0.15) is 35.1 Å². The molecule has 2 amide bonds. The van der Waals surface area contributed by atoms with Gasteiger partial charge < -0.3 is 19.9 Å². The van der Waals surface area contributed by atoms with Gasteiger partial charge in [0.2, 0.25) is 5.91 Å². The number of methoxy groups -OCH3 is 1. The normalized spacial score (nSPS) is 26.5. The fourth-order valence-corrected chi connectivity index (χ4v) is 6.28. The van der Waals surface area contributed by atoms with E-state index in [9.17, 15) is 24.0 Å². The van der Waals surface area contributed by atoms with Crippen molar-refractivity contribution in [2.45, 2.75) is 57.0 Å². The van der Waals surface area contributed by atoms with E-state index in [1.165, 1.54) is 19.2 Å². The number of Topliss-reactive ketones (excluding diaryl/α,β-unsaturated/α-hetero) is 1. The topological polar surface area (TPSA) is 115 Å². The van der Waals surface area contributed by atoms with Gasteiger partial charge in [0, 0.05) is 24.3 Å². The van der Waals surface area contributed by atoms with Crippen LogP contribution in [0.2, 0.25) is 0 Å². The Morgan fingerprint density at radius 3 is 2.86 bits per heavy atom. The highest BCUT2D eigenvalue weighted by molar-refractivity contribution is 6.02. The minimum absolute atomic E-state index is 0.0158. The summed E-state index contributed by atoms with van der Waals surface area (Å²) in [5.74, 6) is -0.606. The molecule has 9 heteroatoms. The first-order valence-corrected chi connectivity index (χ1v) is 12.3. The van der Waals surface area contributed by atoms with Crippen molar-refractivity contribution < 1.29 is 23.5 Å². The summed E-state index contributed by atoms with van der Waals surface area (Å²) in [7, 11) is 1.48. The van der Waals surface area contributed by atoms with Crippen LogP contribution in [0.1, 0.15) is 55.4 Å². The molecule has 5 rings (SSSR count). The lowest BCUT2D eigenvalue weighted by Crippen LogP contribution is -2.51. The van der Waals surface area contributed by atoms with Crippen LogP contribution in [0.3, 0.4) is 0 Å². The van der Waals surface area contributed by atoms with Crippen LogP contribution in [0.4, 0.5) is 4.39 Å². The smallest absolute Gasteiger partial charge is 0.271 e. The molecule has 3 fully saturated rings. The van der Waals surface area contributed by atoms with Crippen molar-refractivity contribution in [3.05, 3.63) is 29.7 Å². The predicted molar refractivity (Wildman–Crippen MR) is 125 cm³/mol. The Morgan fingerprint density at radius 1 is 1.31 bits per heavy atom. The number of amides is 2. The molecule has 2 aromatic rings. The number of carbonyl (C=O) groups is 3. The molecule has 5 atom stereocenters. The number of aromatic amines is 1. The molecule has 35 heavy (non-hydrogen) atoms. The Hall–Kier alpha value is -3.41. The molecule has 0 bridgehead atoms. The van der Waals surface area contributed by atoms with E-state index in [1.54, 1.807) is 11.0 Å². The van der Waals surface area contributed by atoms with Crippen LogP contribution in [-0.2, 0) is 9.59 Å². The third-order valence-corrected chi connectivity index (χ3v) is 8.00. The Kier molecular flexibility index (Phi) is 6.22. The van der Waals surface area contributed by atoms with Crippen molar-refractivity contribution in [1.29, 1.82) is 5.26 Å². The fraction of sp³-hybridized carbons (Fsp3) is 0.538. The van der Waals surface area contributed by atoms with Gasteiger partial charge in [0.25, 0.3) is 5.91 Å². The Morgan fingerprint density at radius 2 is 2.14 bits per heavy atom. The third-order valence-electron chi connectivity index (χ3n) is 8.00. The van der Waals surface area contributed by atoms with Crippen molar-refractivity contribution in [2.24, 2.45) is 17.8 Å². The summed E-state index contributed by atoms with van der Waals surface area (Å²) >= 11 is 0. The van der Waals surface area contributed by atoms with Gasteiger partial charge in [0.15, 0.2) is 0 Å². The molecule has 0 unspecified atom stereocenters. The average Bonchev–Trinajstić information content (AvgIpc) is 3.62. The second kappa shape index (κ2) is 9.33. The van der Waals surface area contributed by atoms with Crippen molar-refractivity contribution in [1.82, 2.24) is 15.2 Å². The lowest BCUT2D eigenvalue weighted by Gasteiger charge is -2.28. The Bertz CT molecular complexity index is 1220. The van der Waals surface area contributed by atoms with Gasteiger partial charge in [-0.2, -0.15) is 5.26 Å². The number of benzene rings is 1. The van der Waals surface area contributed by atoms with Crippen molar-refractivity contribution in [3.8, 4) is 11.8 Å². The maximum Gasteiger partial charge on any atom is 0.271 e. The number of nitriles is 1. The number of ether oxygens (including phenoxy) is 1. The maximum absolute atomic E-state index is 14.4. The van der Waals surface area contributed by atoms with Crippen LogP contribution in [-0.4, -0.2) is 53.2 Å². The third kappa shape index (κ3) is 4.15. The number of nitrogens with zero attached hydrogens (tertiary/aromatic N) is 2. The number of nitrogens with one attached hydrogen (secondary N) is 2. The molecule has 1 aromatic carbocycles. The molecular formula is C26H29FN4O4. The van der Waals surface area contributed by atoms with Gasteiger partial charge in [-0.1, -0.05) is 6.42 Å². The van der Waals surface area contributed by atoms with Gasteiger partial charge in [-0.15, -0.1) is 0 Å². The van der Waals surface area contributed by atoms with Gasteiger partial charge in [0.05, 0.1) is 18.7 Å². The number of aromatic nitrogens is 1. The summed E-state index contributed by atoms with van der Waals surface area (Å²) in [4.78, 5) is 43.5. The molecule has 0 spiro atoms. The van der Waals surface area contributed by atoms with Crippen LogP contribution in [0.15, 0.2) is 18.2 Å². The van der Waals surface area contributed by atoms with Gasteiger partial charge in [-0.3, -0.25) is 14.4 Å². The van der Waals surface area contributed by atoms with E-state index in [0.29, 0.717) is 30.5 Å². The number of hydrogen-bond acceptors (Lipinski definition) is 5. The Balaban J connectivity index is 1.39. The molecule has 2 aliphatic carbocycles. The van der Waals surface area contributed by atoms with E-state index in [2.05, 4.69) is 16.4 Å². The highest BCUT2D eigenvalue weighted by atomic mass is 19.1. The number of fused-ring (bicyclic) bond motifs is 2. The number of rotatable bonds is 6. The Labute approximate surface area is 202 Å². The zero-order valence-electron chi connectivity index (χ0n) is 19.7. The molecule has 3 aliphatic rings. The van der Waals surface area contributed by atoms with E-state index in [1.807, 2.05) is 0 Å². The van der Waals surface area contributed by atoms with E-state index in [0.717, 1.165) is 32.1 Å². The molecule has 1 saturated heterocycles. The zero-order valence-corrected chi connectivity index (χ0v) is 19.7. The monoisotopic (exact) mass is 480 g/mol. The van der Waals surface area contributed by atoms with Crippen LogP contribution in [0.25, 0.3) is 10.9 Å². The second-order valence-electron chi connectivity index (χ2n) is 9.96. The fourth-order valence-electron chi connectivity index (χ4n) is 6.28. The first-order chi connectivity index (χ1) is 16.9. The number of hydrogen-bond donors (Lipinski definition) is 2. The minimum atomic E-state index is -0.779. The van der Waals surface area contributed by atoms with Gasteiger partial charge >= 0.3 is 0 Å². The summed E-state index contributed by atoms with van der Waals surface area (Å²) in [5.41, 5.74) is 0.369. The quantitative estimate of drug-likeness (QED) is 0.658. The molecule has 0 radical (unpaired) electrons. The standard InChI is InChI=1S/C26H29FN4O4/c1-35-22-9-8-19(27)23-18(22)11-20(30-23)26(34)31-13-15-5-2-6-17(15)24(31)25(33)29-16(12-28)10-14-4-3-7-21(14)32/h8-9,11,14-17,24,30H,2-7,10,13H2,1H3,(H,29,33)/t14-,15-,16-,17-,24-/m0/s1. The first-order valence-electron chi connectivity index (χ1n) is 12.3. The number of H-pyrrole nitrogens is 1. The number of ketones is 1. The number of likely N-dealkylation sites (tertiary alicyclic amines) is 1. The van der Waals surface area contributed by atoms with Gasteiger partial charge in [-0.05, 0) is 62.1 Å². The lowest BCUT2D eigenvalue weighted by molar-refractivity contribution is -0.127. The van der Waals surface area contributed by atoms with Crippen LogP contribution in [0.5, 0.6) is 5.75 Å². The summed E-state index contributed by atoms with van der Waals surface area (Å²) in [6, 6.07) is 4.99. The second-order valence-corrected chi connectivity index (χ2v) is 9.96. The van der Waals surface area contributed by atoms with Crippen LogP contribution in [0, 0.1) is 34.9 Å². The predicted octanol–water partition coefficient (Wildman–Crippen LogP) is 3.32. The molecule has 1 aromatic heterocycles. The SMILES string of the molecule is COc1ccc(F)c2[nH]c(C(=O)N3C[C@@H]4CCC[C@@H]4[C@H]3C(=O)N[C@H](C#N)C[C@@H]3CCCC3=O)cc12. The van der Waals surface area contributed by atoms with E-state index < -0.39 is 17.9 Å². The van der Waals surface area contributed by atoms with Crippen LogP contribution < -0.4 is 10.1 Å². The maximum atomic E-state index is 14.4. The molecule has 2 heterocycles. The minimum Gasteiger partial charge on any atom is -0.496 e. The molecule has 184 valence electrons. The first kappa shape index (κ1) is 23.3. The molecule has 2 N–H and O–H groups in total. The molecule has 1 aliphatic heterocycles. The van der Waals surface area contributed by atoms with Crippen molar-refractivity contribution in [3.63, 3.8) is 0 Å². The molecule has 2 saturated carbocycles. The summed E-state index contributed by atoms with van der Waals surface area (Å²) in [6.45, 7) is 0.439. The van der Waals surface area contributed by atoms with Gasteiger partial charge in [-0.25, -0.2) is 4.39 Å². The number of carbonyl (C=O) groups excluding carboxylic acids is 3. The largest absolute Gasteiger partial charge is 0.496 e. The van der Waals surface area contributed by atoms with Crippen LogP contribution >= 0.6 is 0 Å². The van der Waals surface area contributed by atoms with Crippen molar-refractivity contribution >= 4 is 28.5 Å². The highest BCUT2D eigenvalue weighted by Crippen LogP contribution is 2.43. The summed E-state index contributed by atoms with van der Waals surface area (Å²) in [6.07, 6.45) is 5.16. The van der Waals surface area contributed by atoms with Crippen molar-refractivity contribution in [2.75, 3.05) is 13.7 Å². The summed E-state index contributed by atoms with van der Waals surface area (Å²) < 4.78 is 19.7. The number of halogens is 1. The van der Waals surface area contributed by atoms with E-state index in [-0.39, 0.29) is 46.6 Å². The lowest BCUT2D eigenvalue weighted by atomic mass is 9.92. The summed E-state index contributed by atoms with van der Waals surface area (Å²) in [5, 5.41) is 12.9. The average molecular weight is 481 g/mol. The molecular weight excluding hydrogens is 451 g/mol. The zero-order chi connectivity index (χ0) is 24.7.